The van der Waals surface area contributed by atoms with Crippen LogP contribution in [0.5, 0.6) is 0 Å². The SMILES string of the molecule is CCCCCCCCCCC#CCOC(=O)CCCCCBr. The lowest BCUT2D eigenvalue weighted by Crippen LogP contribution is -2.04. The summed E-state index contributed by atoms with van der Waals surface area (Å²) in [5, 5.41) is 1.01. The van der Waals surface area contributed by atoms with Crippen LogP contribution in [0.4, 0.5) is 0 Å². The topological polar surface area (TPSA) is 26.3 Å². The maximum absolute atomic E-state index is 11.4. The van der Waals surface area contributed by atoms with E-state index in [4.69, 9.17) is 4.74 Å². The van der Waals surface area contributed by atoms with Gasteiger partial charge in [0.25, 0.3) is 0 Å². The quantitative estimate of drug-likeness (QED) is 0.161. The smallest absolute Gasteiger partial charge is 0.306 e. The van der Waals surface area contributed by atoms with Gasteiger partial charge in [-0.25, -0.2) is 0 Å². The van der Waals surface area contributed by atoms with Crippen LogP contribution in [0.2, 0.25) is 0 Å². The Morgan fingerprint density at radius 3 is 2.18 bits per heavy atom. The average Bonchev–Trinajstić information content (AvgIpc) is 2.52. The van der Waals surface area contributed by atoms with Gasteiger partial charge in [-0.05, 0) is 19.3 Å². The van der Waals surface area contributed by atoms with E-state index < -0.39 is 0 Å². The van der Waals surface area contributed by atoms with Crippen molar-refractivity contribution in [3.8, 4) is 11.8 Å². The molecule has 0 spiro atoms. The lowest BCUT2D eigenvalue weighted by Gasteiger charge is -2.00. The molecule has 0 heterocycles. The third kappa shape index (κ3) is 17.6. The van der Waals surface area contributed by atoms with Crippen LogP contribution in [-0.4, -0.2) is 17.9 Å². The number of hydrogen-bond donors (Lipinski definition) is 0. The van der Waals surface area contributed by atoms with Gasteiger partial charge in [-0.15, -0.1) is 0 Å². The maximum atomic E-state index is 11.4. The first-order valence-electron chi connectivity index (χ1n) is 8.98. The molecule has 3 heteroatoms. The van der Waals surface area contributed by atoms with Gasteiger partial charge in [-0.2, -0.15) is 0 Å². The molecule has 22 heavy (non-hydrogen) atoms. The van der Waals surface area contributed by atoms with Gasteiger partial charge in [0.15, 0.2) is 6.61 Å². The molecule has 0 amide bonds. The summed E-state index contributed by atoms with van der Waals surface area (Å²) >= 11 is 3.38. The number of carbonyl (C=O) groups is 1. The molecule has 0 saturated carbocycles. The molecule has 0 unspecified atom stereocenters. The second-order valence-corrected chi connectivity index (χ2v) is 6.53. The molecule has 0 fully saturated rings. The summed E-state index contributed by atoms with van der Waals surface area (Å²) in [6.45, 7) is 2.51. The second-order valence-electron chi connectivity index (χ2n) is 5.74. The van der Waals surface area contributed by atoms with E-state index >= 15 is 0 Å². The molecule has 0 aromatic heterocycles. The lowest BCUT2D eigenvalue weighted by atomic mass is 10.1. The van der Waals surface area contributed by atoms with Crippen LogP contribution in [0.15, 0.2) is 0 Å². The van der Waals surface area contributed by atoms with Gasteiger partial charge in [0.1, 0.15) is 0 Å². The zero-order chi connectivity index (χ0) is 16.3. The Kier molecular flexibility index (Phi) is 18.1. The van der Waals surface area contributed by atoms with Crippen molar-refractivity contribution in [1.82, 2.24) is 0 Å². The lowest BCUT2D eigenvalue weighted by molar-refractivity contribution is -0.142. The van der Waals surface area contributed by atoms with E-state index in [1.807, 2.05) is 0 Å². The summed E-state index contributed by atoms with van der Waals surface area (Å²) in [5.41, 5.74) is 0. The predicted octanol–water partition coefficient (Wildman–Crippen LogP) is 6.02. The third-order valence-electron chi connectivity index (χ3n) is 3.60. The fourth-order valence-electron chi connectivity index (χ4n) is 2.22. The number of esters is 1. The summed E-state index contributed by atoms with van der Waals surface area (Å²) in [7, 11) is 0. The normalized spacial score (nSPS) is 10.1. The molecule has 0 bridgehead atoms. The number of alkyl halides is 1. The van der Waals surface area contributed by atoms with Gasteiger partial charge in [0, 0.05) is 18.2 Å². The van der Waals surface area contributed by atoms with Gasteiger partial charge in [-0.3, -0.25) is 4.79 Å². The van der Waals surface area contributed by atoms with Crippen LogP contribution < -0.4 is 0 Å². The molecule has 0 atom stereocenters. The Labute approximate surface area is 145 Å². The first-order valence-corrected chi connectivity index (χ1v) is 10.1. The van der Waals surface area contributed by atoms with E-state index in [2.05, 4.69) is 34.7 Å². The van der Waals surface area contributed by atoms with E-state index in [1.165, 1.54) is 51.4 Å². The number of unbranched alkanes of at least 4 members (excludes halogenated alkanes) is 10. The highest BCUT2D eigenvalue weighted by Gasteiger charge is 2.00. The third-order valence-corrected chi connectivity index (χ3v) is 4.16. The number of ether oxygens (including phenoxy) is 1. The van der Waals surface area contributed by atoms with Gasteiger partial charge < -0.3 is 4.74 Å². The van der Waals surface area contributed by atoms with Gasteiger partial charge in [0.05, 0.1) is 0 Å². The van der Waals surface area contributed by atoms with Crippen molar-refractivity contribution in [2.45, 2.75) is 90.4 Å². The van der Waals surface area contributed by atoms with E-state index in [1.54, 1.807) is 0 Å². The highest BCUT2D eigenvalue weighted by Crippen LogP contribution is 2.09. The molecule has 0 aromatic rings. The fourth-order valence-corrected chi connectivity index (χ4v) is 2.61. The van der Waals surface area contributed by atoms with Crippen molar-refractivity contribution in [3.63, 3.8) is 0 Å². The maximum Gasteiger partial charge on any atom is 0.306 e. The molecule has 0 aliphatic heterocycles. The molecule has 128 valence electrons. The average molecular weight is 373 g/mol. The van der Waals surface area contributed by atoms with Gasteiger partial charge >= 0.3 is 5.97 Å². The Hall–Kier alpha value is -0.490. The summed E-state index contributed by atoms with van der Waals surface area (Å²) < 4.78 is 5.08. The van der Waals surface area contributed by atoms with Crippen LogP contribution in [0.3, 0.4) is 0 Å². The number of rotatable bonds is 14. The highest BCUT2D eigenvalue weighted by molar-refractivity contribution is 9.09. The standard InChI is InChI=1S/C19H33BrO2/c1-2-3-4-5-6-7-8-9-10-11-15-18-22-19(21)16-13-12-14-17-20/h2-10,12-14,16-18H2,1H3. The number of halogens is 1. The summed E-state index contributed by atoms with van der Waals surface area (Å²) in [6.07, 6.45) is 15.1. The van der Waals surface area contributed by atoms with E-state index in [0.29, 0.717) is 6.42 Å². The van der Waals surface area contributed by atoms with Crippen molar-refractivity contribution in [3.05, 3.63) is 0 Å². The Bertz CT molecular complexity index is 304. The molecular weight excluding hydrogens is 340 g/mol. The second kappa shape index (κ2) is 18.6. The van der Waals surface area contributed by atoms with Crippen molar-refractivity contribution in [2.75, 3.05) is 11.9 Å². The van der Waals surface area contributed by atoms with Crippen molar-refractivity contribution >= 4 is 21.9 Å². The highest BCUT2D eigenvalue weighted by atomic mass is 79.9. The summed E-state index contributed by atoms with van der Waals surface area (Å²) in [5.74, 6) is 5.92. The zero-order valence-electron chi connectivity index (χ0n) is 14.3. The molecule has 0 saturated heterocycles. The van der Waals surface area contributed by atoms with Crippen LogP contribution in [-0.2, 0) is 9.53 Å². The molecule has 0 rings (SSSR count). The molecule has 2 nitrogen and oxygen atoms in total. The molecular formula is C19H33BrO2. The predicted molar refractivity (Wildman–Crippen MR) is 98.2 cm³/mol. The molecule has 0 aromatic carbocycles. The van der Waals surface area contributed by atoms with E-state index in [9.17, 15) is 4.79 Å². The summed E-state index contributed by atoms with van der Waals surface area (Å²) in [4.78, 5) is 11.4. The van der Waals surface area contributed by atoms with E-state index in [-0.39, 0.29) is 12.6 Å². The first kappa shape index (κ1) is 21.5. The van der Waals surface area contributed by atoms with Crippen molar-refractivity contribution < 1.29 is 9.53 Å². The minimum Gasteiger partial charge on any atom is -0.452 e. The Balaban J connectivity index is 3.26. The van der Waals surface area contributed by atoms with E-state index in [0.717, 1.165) is 31.0 Å². The van der Waals surface area contributed by atoms with Crippen LogP contribution in [0, 0.1) is 11.8 Å². The monoisotopic (exact) mass is 372 g/mol. The molecule has 0 N–H and O–H groups in total. The van der Waals surface area contributed by atoms with Gasteiger partial charge in [0.2, 0.25) is 0 Å². The fraction of sp³-hybridized carbons (Fsp3) is 0.842. The van der Waals surface area contributed by atoms with Crippen molar-refractivity contribution in [2.24, 2.45) is 0 Å². The van der Waals surface area contributed by atoms with Crippen LogP contribution in [0.1, 0.15) is 90.4 Å². The molecule has 0 aliphatic rings. The molecule has 0 radical (unpaired) electrons. The Morgan fingerprint density at radius 1 is 0.864 bits per heavy atom. The van der Waals surface area contributed by atoms with Crippen LogP contribution >= 0.6 is 15.9 Å². The first-order chi connectivity index (χ1) is 10.8. The number of hydrogen-bond acceptors (Lipinski definition) is 2. The summed E-state index contributed by atoms with van der Waals surface area (Å²) in [6, 6.07) is 0. The van der Waals surface area contributed by atoms with Gasteiger partial charge in [-0.1, -0.05) is 86.1 Å². The van der Waals surface area contributed by atoms with Crippen LogP contribution in [0.25, 0.3) is 0 Å². The minimum atomic E-state index is -0.115. The Morgan fingerprint density at radius 2 is 1.50 bits per heavy atom. The largest absolute Gasteiger partial charge is 0.452 e. The number of carbonyl (C=O) groups excluding carboxylic acids is 1. The molecule has 0 aliphatic carbocycles. The zero-order valence-corrected chi connectivity index (χ0v) is 15.9. The minimum absolute atomic E-state index is 0.115. The van der Waals surface area contributed by atoms with Crippen molar-refractivity contribution in [1.29, 1.82) is 0 Å².